The van der Waals surface area contributed by atoms with Crippen molar-refractivity contribution in [2.75, 3.05) is 0 Å². The zero-order chi connectivity index (χ0) is 21.8. The third kappa shape index (κ3) is 3.80. The molecule has 0 radical (unpaired) electrons. The molecule has 0 aromatic heterocycles. The van der Waals surface area contributed by atoms with E-state index >= 15 is 0 Å². The molecule has 0 bridgehead atoms. The van der Waals surface area contributed by atoms with Crippen molar-refractivity contribution >= 4 is 26.5 Å². The number of hydrogen-bond donors (Lipinski definition) is 0. The van der Waals surface area contributed by atoms with Crippen LogP contribution in [0.5, 0.6) is 0 Å². The minimum atomic E-state index is -6.48. The van der Waals surface area contributed by atoms with Crippen molar-refractivity contribution in [3.8, 4) is 0 Å². The molecule has 1 aromatic rings. The molecule has 0 fully saturated rings. The largest absolute Gasteiger partial charge is 0.523 e. The lowest BCUT2D eigenvalue weighted by Crippen LogP contribution is -2.32. The number of benzene rings is 1. The highest BCUT2D eigenvalue weighted by Crippen LogP contribution is 2.78. The van der Waals surface area contributed by atoms with Gasteiger partial charge in [0.15, 0.2) is 0 Å². The van der Waals surface area contributed by atoms with E-state index in [1.54, 1.807) is 6.92 Å². The Hall–Kier alpha value is -1.20. The maximum absolute atomic E-state index is 14.2. The second kappa shape index (κ2) is 6.94. The van der Waals surface area contributed by atoms with Crippen LogP contribution in [0, 0.1) is 0 Å². The molecule has 1 heterocycles. The summed E-state index contributed by atoms with van der Waals surface area (Å²) in [6.07, 6.45) is 1.04. The number of rotatable bonds is 4. The van der Waals surface area contributed by atoms with Crippen LogP contribution in [-0.4, -0.2) is 19.4 Å². The summed E-state index contributed by atoms with van der Waals surface area (Å²) in [5.74, 6) is 0. The molecule has 0 aliphatic carbocycles. The quantitative estimate of drug-likeness (QED) is 0.383. The highest BCUT2D eigenvalue weighted by molar-refractivity contribution is 8.37. The Morgan fingerprint density at radius 1 is 1.04 bits per heavy atom. The van der Waals surface area contributed by atoms with Gasteiger partial charge in [-0.25, -0.2) is 0 Å². The fourth-order valence-electron chi connectivity index (χ4n) is 2.81. The third-order valence-electron chi connectivity index (χ3n) is 4.17. The van der Waals surface area contributed by atoms with Crippen LogP contribution in [0.3, 0.4) is 0 Å². The van der Waals surface area contributed by atoms with Crippen molar-refractivity contribution in [1.82, 2.24) is 0 Å². The fraction of sp³-hybridized carbons (Fsp3) is 0.529. The van der Waals surface area contributed by atoms with Crippen LogP contribution in [-0.2, 0) is 19.2 Å². The molecule has 160 valence electrons. The van der Waals surface area contributed by atoms with Gasteiger partial charge in [0.1, 0.15) is 0 Å². The number of hydrogen-bond acceptors (Lipinski definition) is 3. The van der Waals surface area contributed by atoms with Crippen LogP contribution in [0.25, 0.3) is 6.08 Å². The molecule has 2 rings (SSSR count). The van der Waals surface area contributed by atoms with Crippen molar-refractivity contribution in [3.05, 3.63) is 34.2 Å². The van der Waals surface area contributed by atoms with E-state index in [1.165, 1.54) is 12.1 Å². The van der Waals surface area contributed by atoms with E-state index in [-0.39, 0.29) is 18.4 Å². The third-order valence-corrected chi connectivity index (χ3v) is 8.97. The van der Waals surface area contributed by atoms with Crippen molar-refractivity contribution in [2.45, 2.75) is 61.9 Å². The molecule has 0 N–H and O–H groups in total. The van der Waals surface area contributed by atoms with Crippen molar-refractivity contribution in [2.24, 2.45) is 0 Å². The number of halogens is 6. The Morgan fingerprint density at radius 2 is 1.61 bits per heavy atom. The molecular formula is C17H20F6O3S2. The van der Waals surface area contributed by atoms with Gasteiger partial charge in [0.25, 0.3) is 0 Å². The monoisotopic (exact) mass is 450 g/mol. The minimum absolute atomic E-state index is 0.0283. The predicted molar refractivity (Wildman–Crippen MR) is 96.0 cm³/mol. The van der Waals surface area contributed by atoms with Crippen LogP contribution in [0.2, 0.25) is 0 Å². The van der Waals surface area contributed by atoms with Gasteiger partial charge in [-0.1, -0.05) is 46.2 Å². The molecule has 3 nitrogen and oxygen atoms in total. The Labute approximate surface area is 161 Å². The first-order valence-corrected chi connectivity index (χ1v) is 11.2. The van der Waals surface area contributed by atoms with E-state index in [0.29, 0.717) is 5.56 Å². The molecule has 1 atom stereocenters. The number of alkyl halides is 6. The molecule has 0 amide bonds. The van der Waals surface area contributed by atoms with Crippen LogP contribution < -0.4 is 0 Å². The first kappa shape index (κ1) is 23.1. The molecule has 1 aliphatic heterocycles. The second-order valence-corrected chi connectivity index (χ2v) is 11.8. The lowest BCUT2D eigenvalue weighted by Gasteiger charge is -2.39. The summed E-state index contributed by atoms with van der Waals surface area (Å²) in [6.45, 7) is 7.03. The molecule has 1 unspecified atom stereocenters. The first-order chi connectivity index (χ1) is 12.5. The van der Waals surface area contributed by atoms with Gasteiger partial charge in [-0.15, -0.1) is 0 Å². The summed E-state index contributed by atoms with van der Waals surface area (Å²) in [4.78, 5) is -1.07. The zero-order valence-electron chi connectivity index (χ0n) is 15.5. The van der Waals surface area contributed by atoms with Gasteiger partial charge in [0.05, 0.1) is 0 Å². The fourth-order valence-corrected chi connectivity index (χ4v) is 7.47. The van der Waals surface area contributed by atoms with Crippen molar-refractivity contribution in [1.29, 1.82) is 0 Å². The molecule has 28 heavy (non-hydrogen) atoms. The molecular weight excluding hydrogens is 430 g/mol. The van der Waals surface area contributed by atoms with Crippen molar-refractivity contribution < 1.29 is 38.4 Å². The predicted octanol–water partition coefficient (Wildman–Crippen LogP) is 6.60. The SMILES string of the molecule is CCCC1=Cc2cc(C(C)(C)C)ccc2S1(OS(=O)(=O)C(F)(F)F)C(F)(F)F. The van der Waals surface area contributed by atoms with Gasteiger partial charge in [-0.2, -0.15) is 38.4 Å². The summed E-state index contributed by atoms with van der Waals surface area (Å²) < 4.78 is 108. The number of allylic oxidation sites excluding steroid dienone is 1. The van der Waals surface area contributed by atoms with Gasteiger partial charge in [-0.3, -0.25) is 0 Å². The highest BCUT2D eigenvalue weighted by atomic mass is 32.3. The van der Waals surface area contributed by atoms with Crippen molar-refractivity contribution in [3.63, 3.8) is 0 Å². The zero-order valence-corrected chi connectivity index (χ0v) is 17.2. The Morgan fingerprint density at radius 3 is 2.04 bits per heavy atom. The van der Waals surface area contributed by atoms with Crippen LogP contribution in [0.15, 0.2) is 28.0 Å². The molecule has 0 saturated heterocycles. The smallest absolute Gasteiger partial charge is 0.196 e. The van der Waals surface area contributed by atoms with E-state index in [1.807, 2.05) is 20.8 Å². The Bertz CT molecular complexity index is 895. The van der Waals surface area contributed by atoms with Gasteiger partial charge in [0, 0.05) is 20.1 Å². The van der Waals surface area contributed by atoms with E-state index < -0.39 is 46.7 Å². The van der Waals surface area contributed by atoms with Crippen LogP contribution in [0.4, 0.5) is 26.3 Å². The van der Waals surface area contributed by atoms with Gasteiger partial charge < -0.3 is 0 Å². The average Bonchev–Trinajstić information content (AvgIpc) is 2.79. The van der Waals surface area contributed by atoms with E-state index in [0.717, 1.165) is 12.1 Å². The maximum atomic E-state index is 14.2. The maximum Gasteiger partial charge on any atom is 0.523 e. The van der Waals surface area contributed by atoms with Crippen LogP contribution in [0.1, 0.15) is 51.7 Å². The minimum Gasteiger partial charge on any atom is -0.196 e. The summed E-state index contributed by atoms with van der Waals surface area (Å²) in [7, 11) is -11.4. The topological polar surface area (TPSA) is 43.4 Å². The van der Waals surface area contributed by atoms with Gasteiger partial charge in [-0.05, 0) is 35.1 Å². The molecule has 0 saturated carbocycles. The Kier molecular flexibility index (Phi) is 5.73. The molecule has 0 spiro atoms. The molecule has 11 heteroatoms. The normalized spacial score (nSPS) is 23.1. The molecule has 1 aromatic carbocycles. The summed E-state index contributed by atoms with van der Waals surface area (Å²) in [5.41, 5.74) is -11.1. The van der Waals surface area contributed by atoms with Gasteiger partial charge >= 0.3 is 21.1 Å². The standard InChI is InChI=1S/C17H20F6O3S2/c1-5-6-13-10-11-9-12(15(2,3)4)7-8-14(11)27(13,16(18,19)20)26-28(24,25)17(21,22)23/h7-10H,5-6H2,1-4H3. The van der Waals surface area contributed by atoms with Gasteiger partial charge in [0.2, 0.25) is 0 Å². The summed E-state index contributed by atoms with van der Waals surface area (Å²) >= 11 is 0. The molecule has 1 aliphatic rings. The summed E-state index contributed by atoms with van der Waals surface area (Å²) in [5, 5.41) is 0. The van der Waals surface area contributed by atoms with E-state index in [2.05, 4.69) is 3.63 Å². The lowest BCUT2D eigenvalue weighted by atomic mass is 9.86. The van der Waals surface area contributed by atoms with E-state index in [4.69, 9.17) is 0 Å². The van der Waals surface area contributed by atoms with E-state index in [9.17, 15) is 34.8 Å². The Balaban J connectivity index is 2.81. The highest BCUT2D eigenvalue weighted by Gasteiger charge is 2.63. The second-order valence-electron chi connectivity index (χ2n) is 7.33. The lowest BCUT2D eigenvalue weighted by molar-refractivity contribution is -0.0546. The summed E-state index contributed by atoms with van der Waals surface area (Å²) in [6, 6.07) is 3.83. The van der Waals surface area contributed by atoms with Crippen LogP contribution >= 0.6 is 10.3 Å². The number of fused-ring (bicyclic) bond motifs is 1. The average molecular weight is 450 g/mol. The first-order valence-electron chi connectivity index (χ1n) is 8.24.